The van der Waals surface area contributed by atoms with Gasteiger partial charge >= 0.3 is 0 Å². The SMILES string of the molecule is CCC(C)COc1c(C)cccc1CNC(C)(C)C. The normalized spacial score (nSPS) is 13.4. The summed E-state index contributed by atoms with van der Waals surface area (Å²) < 4.78 is 6.05. The van der Waals surface area contributed by atoms with Crippen LogP contribution in [-0.2, 0) is 6.54 Å². The average Bonchev–Trinajstić information content (AvgIpc) is 2.33. The van der Waals surface area contributed by atoms with E-state index in [0.29, 0.717) is 5.92 Å². The predicted octanol–water partition coefficient (Wildman–Crippen LogP) is 4.31. The Morgan fingerprint density at radius 1 is 1.26 bits per heavy atom. The van der Waals surface area contributed by atoms with E-state index >= 15 is 0 Å². The van der Waals surface area contributed by atoms with Gasteiger partial charge in [-0.1, -0.05) is 38.5 Å². The number of para-hydroxylation sites is 1. The molecule has 1 unspecified atom stereocenters. The molecular formula is C17H29NO. The first kappa shape index (κ1) is 16.0. The van der Waals surface area contributed by atoms with Gasteiger partial charge in [-0.3, -0.25) is 0 Å². The van der Waals surface area contributed by atoms with Crippen LogP contribution in [0.4, 0.5) is 0 Å². The minimum absolute atomic E-state index is 0.123. The van der Waals surface area contributed by atoms with Crippen LogP contribution in [0, 0.1) is 12.8 Å². The molecule has 1 rings (SSSR count). The molecule has 0 heterocycles. The molecule has 0 saturated heterocycles. The summed E-state index contributed by atoms with van der Waals surface area (Å²) in [6, 6.07) is 6.37. The van der Waals surface area contributed by atoms with Crippen LogP contribution in [0.15, 0.2) is 18.2 Å². The molecular weight excluding hydrogens is 234 g/mol. The van der Waals surface area contributed by atoms with Crippen molar-refractivity contribution >= 4 is 0 Å². The van der Waals surface area contributed by atoms with E-state index in [1.165, 1.54) is 11.1 Å². The first-order valence-corrected chi connectivity index (χ1v) is 7.29. The largest absolute Gasteiger partial charge is 0.493 e. The molecule has 2 heteroatoms. The van der Waals surface area contributed by atoms with Crippen LogP contribution in [0.2, 0.25) is 0 Å². The highest BCUT2D eigenvalue weighted by atomic mass is 16.5. The molecule has 0 fully saturated rings. The summed E-state index contributed by atoms with van der Waals surface area (Å²) >= 11 is 0. The molecule has 0 aromatic heterocycles. The molecule has 108 valence electrons. The highest BCUT2D eigenvalue weighted by Gasteiger charge is 2.13. The summed E-state index contributed by atoms with van der Waals surface area (Å²) in [7, 11) is 0. The molecule has 1 aromatic carbocycles. The Morgan fingerprint density at radius 2 is 1.95 bits per heavy atom. The van der Waals surface area contributed by atoms with Crippen LogP contribution < -0.4 is 10.1 Å². The Kier molecular flexibility index (Phi) is 5.86. The smallest absolute Gasteiger partial charge is 0.126 e. The number of hydrogen-bond acceptors (Lipinski definition) is 2. The third kappa shape index (κ3) is 5.65. The Bertz CT molecular complexity index is 393. The number of benzene rings is 1. The van der Waals surface area contributed by atoms with Gasteiger partial charge in [0.1, 0.15) is 5.75 Å². The third-order valence-corrected chi connectivity index (χ3v) is 3.31. The molecule has 0 radical (unpaired) electrons. The van der Waals surface area contributed by atoms with Crippen molar-refractivity contribution in [3.63, 3.8) is 0 Å². The fourth-order valence-electron chi connectivity index (χ4n) is 1.76. The molecule has 0 amide bonds. The van der Waals surface area contributed by atoms with Gasteiger partial charge in [0.2, 0.25) is 0 Å². The van der Waals surface area contributed by atoms with E-state index in [1.807, 2.05) is 0 Å². The maximum atomic E-state index is 6.05. The lowest BCUT2D eigenvalue weighted by molar-refractivity contribution is 0.251. The van der Waals surface area contributed by atoms with Crippen LogP contribution in [0.5, 0.6) is 5.75 Å². The number of rotatable bonds is 6. The van der Waals surface area contributed by atoms with Gasteiger partial charge < -0.3 is 10.1 Å². The predicted molar refractivity (Wildman–Crippen MR) is 82.7 cm³/mol. The lowest BCUT2D eigenvalue weighted by atomic mass is 10.1. The van der Waals surface area contributed by atoms with Gasteiger partial charge in [0.05, 0.1) is 6.61 Å². The van der Waals surface area contributed by atoms with E-state index in [4.69, 9.17) is 4.74 Å². The Labute approximate surface area is 118 Å². The van der Waals surface area contributed by atoms with E-state index in [9.17, 15) is 0 Å². The second-order valence-electron chi connectivity index (χ2n) is 6.49. The van der Waals surface area contributed by atoms with Crippen molar-refractivity contribution in [1.29, 1.82) is 0 Å². The molecule has 0 aliphatic heterocycles. The summed E-state index contributed by atoms with van der Waals surface area (Å²) in [5.41, 5.74) is 2.59. The molecule has 1 N–H and O–H groups in total. The zero-order valence-corrected chi connectivity index (χ0v) is 13.3. The maximum absolute atomic E-state index is 6.05. The van der Waals surface area contributed by atoms with Gasteiger partial charge in [-0.2, -0.15) is 0 Å². The molecule has 19 heavy (non-hydrogen) atoms. The van der Waals surface area contributed by atoms with Crippen molar-refractivity contribution in [3.05, 3.63) is 29.3 Å². The van der Waals surface area contributed by atoms with Gasteiger partial charge in [0, 0.05) is 17.6 Å². The van der Waals surface area contributed by atoms with E-state index in [-0.39, 0.29) is 5.54 Å². The summed E-state index contributed by atoms with van der Waals surface area (Å²) in [5, 5.41) is 3.53. The average molecular weight is 263 g/mol. The summed E-state index contributed by atoms with van der Waals surface area (Å²) in [6.45, 7) is 14.7. The third-order valence-electron chi connectivity index (χ3n) is 3.31. The first-order valence-electron chi connectivity index (χ1n) is 7.29. The van der Waals surface area contributed by atoms with E-state index < -0.39 is 0 Å². The van der Waals surface area contributed by atoms with Crippen LogP contribution in [0.3, 0.4) is 0 Å². The molecule has 1 atom stereocenters. The van der Waals surface area contributed by atoms with Gasteiger partial charge in [-0.05, 0) is 39.2 Å². The van der Waals surface area contributed by atoms with Crippen molar-refractivity contribution < 1.29 is 4.74 Å². The monoisotopic (exact) mass is 263 g/mol. The van der Waals surface area contributed by atoms with Crippen LogP contribution in [0.1, 0.15) is 52.2 Å². The molecule has 0 aliphatic rings. The molecule has 0 bridgehead atoms. The molecule has 0 aliphatic carbocycles. The van der Waals surface area contributed by atoms with Gasteiger partial charge in [0.25, 0.3) is 0 Å². The second kappa shape index (κ2) is 6.95. The number of aryl methyl sites for hydroxylation is 1. The van der Waals surface area contributed by atoms with Gasteiger partial charge in [0.15, 0.2) is 0 Å². The van der Waals surface area contributed by atoms with Gasteiger partial charge in [-0.15, -0.1) is 0 Å². The Morgan fingerprint density at radius 3 is 2.53 bits per heavy atom. The number of hydrogen-bond donors (Lipinski definition) is 1. The van der Waals surface area contributed by atoms with Crippen LogP contribution in [0.25, 0.3) is 0 Å². The summed E-state index contributed by atoms with van der Waals surface area (Å²) in [5.74, 6) is 1.66. The van der Waals surface area contributed by atoms with Gasteiger partial charge in [-0.25, -0.2) is 0 Å². The fourth-order valence-corrected chi connectivity index (χ4v) is 1.76. The zero-order chi connectivity index (χ0) is 14.5. The van der Waals surface area contributed by atoms with Crippen LogP contribution in [-0.4, -0.2) is 12.1 Å². The number of ether oxygens (including phenoxy) is 1. The molecule has 0 spiro atoms. The van der Waals surface area contributed by atoms with Crippen molar-refractivity contribution in [1.82, 2.24) is 5.32 Å². The maximum Gasteiger partial charge on any atom is 0.126 e. The molecule has 2 nitrogen and oxygen atoms in total. The summed E-state index contributed by atoms with van der Waals surface area (Å²) in [6.07, 6.45) is 1.15. The highest BCUT2D eigenvalue weighted by Crippen LogP contribution is 2.24. The quantitative estimate of drug-likeness (QED) is 0.826. The minimum Gasteiger partial charge on any atom is -0.493 e. The van der Waals surface area contributed by atoms with Crippen molar-refractivity contribution in [2.24, 2.45) is 5.92 Å². The zero-order valence-electron chi connectivity index (χ0n) is 13.3. The fraction of sp³-hybridized carbons (Fsp3) is 0.647. The lowest BCUT2D eigenvalue weighted by Gasteiger charge is -2.23. The minimum atomic E-state index is 0.123. The van der Waals surface area contributed by atoms with Crippen molar-refractivity contribution in [3.8, 4) is 5.75 Å². The standard InChI is InChI=1S/C17H29NO/c1-7-13(2)12-19-16-14(3)9-8-10-15(16)11-18-17(4,5)6/h8-10,13,18H,7,11-12H2,1-6H3. The summed E-state index contributed by atoms with van der Waals surface area (Å²) in [4.78, 5) is 0. The Balaban J connectivity index is 2.77. The highest BCUT2D eigenvalue weighted by molar-refractivity contribution is 5.40. The van der Waals surface area contributed by atoms with Crippen molar-refractivity contribution in [2.75, 3.05) is 6.61 Å². The topological polar surface area (TPSA) is 21.3 Å². The van der Waals surface area contributed by atoms with E-state index in [0.717, 1.165) is 25.3 Å². The molecule has 1 aromatic rings. The Hall–Kier alpha value is -1.02. The van der Waals surface area contributed by atoms with Crippen LogP contribution >= 0.6 is 0 Å². The second-order valence-corrected chi connectivity index (χ2v) is 6.49. The molecule has 0 saturated carbocycles. The van der Waals surface area contributed by atoms with E-state index in [1.54, 1.807) is 0 Å². The first-order chi connectivity index (χ1) is 8.83. The number of nitrogens with one attached hydrogen (secondary N) is 1. The lowest BCUT2D eigenvalue weighted by Crippen LogP contribution is -2.35. The van der Waals surface area contributed by atoms with E-state index in [2.05, 4.69) is 65.1 Å². The van der Waals surface area contributed by atoms with Crippen molar-refractivity contribution in [2.45, 2.75) is 60.0 Å².